The largest absolute Gasteiger partial charge is 0.497 e. The first-order valence-corrected chi connectivity index (χ1v) is 6.35. The third-order valence-corrected chi connectivity index (χ3v) is 2.54. The van der Waals surface area contributed by atoms with Crippen molar-refractivity contribution in [3.05, 3.63) is 24.3 Å². The molecule has 4 nitrogen and oxygen atoms in total. The van der Waals surface area contributed by atoms with Crippen molar-refractivity contribution in [2.24, 2.45) is 0 Å². The third-order valence-electron chi connectivity index (χ3n) is 2.54. The topological polar surface area (TPSA) is 50.7 Å². The van der Waals surface area contributed by atoms with Crippen LogP contribution in [0.25, 0.3) is 0 Å². The zero-order chi connectivity index (χ0) is 13.9. The van der Waals surface area contributed by atoms with E-state index in [-0.39, 0.29) is 6.61 Å². The van der Waals surface area contributed by atoms with Crippen LogP contribution in [0.15, 0.2) is 24.3 Å². The number of methoxy groups -OCH3 is 1. The molecule has 0 spiro atoms. The maximum Gasteiger partial charge on any atom is 0.123 e. The molecule has 0 aliphatic heterocycles. The highest BCUT2D eigenvalue weighted by Gasteiger charge is 2.05. The Labute approximate surface area is 114 Å². The van der Waals surface area contributed by atoms with Crippen LogP contribution in [0.2, 0.25) is 0 Å². The van der Waals surface area contributed by atoms with Crippen LogP contribution in [0.4, 0.5) is 0 Å². The van der Waals surface area contributed by atoms with E-state index in [9.17, 15) is 5.11 Å². The standard InChI is InChI=1S/C15H21NO3/c1-3-4-5-9-16-11-13(17)12-19-15-8-6-7-14(10-15)18-2/h1,6-8,10,13,16-17H,4-5,9,11-12H2,2H3. The van der Waals surface area contributed by atoms with Gasteiger partial charge in [0.1, 0.15) is 24.2 Å². The Balaban J connectivity index is 2.18. The Bertz CT molecular complexity index is 401. The molecule has 0 heterocycles. The summed E-state index contributed by atoms with van der Waals surface area (Å²) in [5.41, 5.74) is 0. The molecule has 0 saturated carbocycles. The van der Waals surface area contributed by atoms with Gasteiger partial charge in [-0.25, -0.2) is 0 Å². The Hall–Kier alpha value is -1.70. The number of aliphatic hydroxyl groups is 1. The van der Waals surface area contributed by atoms with Gasteiger partial charge in [-0.05, 0) is 25.1 Å². The summed E-state index contributed by atoms with van der Waals surface area (Å²) in [5.74, 6) is 4.00. The van der Waals surface area contributed by atoms with E-state index in [1.165, 1.54) is 0 Å². The summed E-state index contributed by atoms with van der Waals surface area (Å²) in [5, 5.41) is 12.9. The molecular formula is C15H21NO3. The predicted molar refractivity (Wildman–Crippen MR) is 75.4 cm³/mol. The van der Waals surface area contributed by atoms with Crippen molar-refractivity contribution in [3.8, 4) is 23.8 Å². The van der Waals surface area contributed by atoms with Crippen LogP contribution in [0.1, 0.15) is 12.8 Å². The molecule has 0 aliphatic rings. The van der Waals surface area contributed by atoms with Crippen molar-refractivity contribution < 1.29 is 14.6 Å². The average Bonchev–Trinajstić information content (AvgIpc) is 2.45. The fourth-order valence-electron chi connectivity index (χ4n) is 1.53. The van der Waals surface area contributed by atoms with E-state index in [1.54, 1.807) is 13.2 Å². The van der Waals surface area contributed by atoms with E-state index in [2.05, 4.69) is 11.2 Å². The molecule has 1 aromatic rings. The number of benzene rings is 1. The Morgan fingerprint density at radius 3 is 2.95 bits per heavy atom. The maximum atomic E-state index is 9.73. The summed E-state index contributed by atoms with van der Waals surface area (Å²) in [6.07, 6.45) is 6.27. The van der Waals surface area contributed by atoms with Crippen LogP contribution in [0.5, 0.6) is 11.5 Å². The van der Waals surface area contributed by atoms with E-state index < -0.39 is 6.10 Å². The monoisotopic (exact) mass is 263 g/mol. The number of hydrogen-bond donors (Lipinski definition) is 2. The molecule has 0 aromatic heterocycles. The molecule has 1 unspecified atom stereocenters. The van der Waals surface area contributed by atoms with Crippen molar-refractivity contribution >= 4 is 0 Å². The molecule has 0 fully saturated rings. The molecular weight excluding hydrogens is 242 g/mol. The van der Waals surface area contributed by atoms with Crippen LogP contribution < -0.4 is 14.8 Å². The summed E-state index contributed by atoms with van der Waals surface area (Å²) < 4.78 is 10.6. The second-order valence-corrected chi connectivity index (χ2v) is 4.16. The lowest BCUT2D eigenvalue weighted by Crippen LogP contribution is -2.31. The van der Waals surface area contributed by atoms with Crippen molar-refractivity contribution in [3.63, 3.8) is 0 Å². The molecule has 0 amide bonds. The van der Waals surface area contributed by atoms with E-state index in [0.717, 1.165) is 25.1 Å². The highest BCUT2D eigenvalue weighted by atomic mass is 16.5. The van der Waals surface area contributed by atoms with Crippen molar-refractivity contribution in [2.45, 2.75) is 18.9 Å². The minimum Gasteiger partial charge on any atom is -0.497 e. The molecule has 104 valence electrons. The first-order chi connectivity index (χ1) is 9.26. The normalized spacial score (nSPS) is 11.6. The number of nitrogens with one attached hydrogen (secondary N) is 1. The van der Waals surface area contributed by atoms with Gasteiger partial charge in [0.2, 0.25) is 0 Å². The quantitative estimate of drug-likeness (QED) is 0.523. The summed E-state index contributed by atoms with van der Waals surface area (Å²) >= 11 is 0. The smallest absolute Gasteiger partial charge is 0.123 e. The number of terminal acetylenes is 1. The van der Waals surface area contributed by atoms with Gasteiger partial charge in [-0.15, -0.1) is 12.3 Å². The second-order valence-electron chi connectivity index (χ2n) is 4.16. The highest BCUT2D eigenvalue weighted by molar-refractivity contribution is 5.32. The zero-order valence-electron chi connectivity index (χ0n) is 11.3. The number of ether oxygens (including phenoxy) is 2. The van der Waals surface area contributed by atoms with Gasteiger partial charge in [0.25, 0.3) is 0 Å². The van der Waals surface area contributed by atoms with E-state index in [0.29, 0.717) is 12.3 Å². The molecule has 0 saturated heterocycles. The molecule has 1 aromatic carbocycles. The van der Waals surface area contributed by atoms with Gasteiger partial charge in [0, 0.05) is 19.0 Å². The fourth-order valence-corrected chi connectivity index (χ4v) is 1.53. The Morgan fingerprint density at radius 1 is 1.42 bits per heavy atom. The van der Waals surface area contributed by atoms with Crippen LogP contribution in [0, 0.1) is 12.3 Å². The number of hydrogen-bond acceptors (Lipinski definition) is 4. The van der Waals surface area contributed by atoms with E-state index in [1.807, 2.05) is 18.2 Å². The van der Waals surface area contributed by atoms with Crippen molar-refractivity contribution in [2.75, 3.05) is 26.8 Å². The van der Waals surface area contributed by atoms with Gasteiger partial charge < -0.3 is 19.9 Å². The lowest BCUT2D eigenvalue weighted by molar-refractivity contribution is 0.106. The molecule has 19 heavy (non-hydrogen) atoms. The second kappa shape index (κ2) is 9.26. The highest BCUT2D eigenvalue weighted by Crippen LogP contribution is 2.18. The van der Waals surface area contributed by atoms with E-state index >= 15 is 0 Å². The molecule has 0 radical (unpaired) electrons. The van der Waals surface area contributed by atoms with Gasteiger partial charge in [0.15, 0.2) is 0 Å². The number of unbranched alkanes of at least 4 members (excludes halogenated alkanes) is 1. The third kappa shape index (κ3) is 6.70. The molecule has 0 aliphatic carbocycles. The van der Waals surface area contributed by atoms with Crippen LogP contribution in [-0.2, 0) is 0 Å². The van der Waals surface area contributed by atoms with Gasteiger partial charge in [-0.3, -0.25) is 0 Å². The minimum atomic E-state index is -0.544. The molecule has 4 heteroatoms. The summed E-state index contributed by atoms with van der Waals surface area (Å²) in [7, 11) is 1.61. The molecule has 0 bridgehead atoms. The predicted octanol–water partition coefficient (Wildman–Crippen LogP) is 1.44. The summed E-state index contributed by atoms with van der Waals surface area (Å²) in [6, 6.07) is 7.30. The van der Waals surface area contributed by atoms with Gasteiger partial charge in [0.05, 0.1) is 7.11 Å². The van der Waals surface area contributed by atoms with Crippen LogP contribution in [0.3, 0.4) is 0 Å². The SMILES string of the molecule is C#CCCCNCC(O)COc1cccc(OC)c1. The number of rotatable bonds is 9. The van der Waals surface area contributed by atoms with Crippen molar-refractivity contribution in [1.82, 2.24) is 5.32 Å². The Morgan fingerprint density at radius 2 is 2.21 bits per heavy atom. The van der Waals surface area contributed by atoms with Crippen LogP contribution in [-0.4, -0.2) is 38.0 Å². The van der Waals surface area contributed by atoms with E-state index in [4.69, 9.17) is 15.9 Å². The molecule has 1 atom stereocenters. The maximum absolute atomic E-state index is 9.73. The average molecular weight is 263 g/mol. The Kier molecular flexibility index (Phi) is 7.48. The van der Waals surface area contributed by atoms with Gasteiger partial charge in [-0.2, -0.15) is 0 Å². The lowest BCUT2D eigenvalue weighted by Gasteiger charge is -2.13. The fraction of sp³-hybridized carbons (Fsp3) is 0.467. The summed E-state index contributed by atoms with van der Waals surface area (Å²) in [6.45, 7) is 1.55. The van der Waals surface area contributed by atoms with Gasteiger partial charge >= 0.3 is 0 Å². The molecule has 2 N–H and O–H groups in total. The lowest BCUT2D eigenvalue weighted by atomic mass is 10.3. The van der Waals surface area contributed by atoms with Gasteiger partial charge in [-0.1, -0.05) is 6.07 Å². The minimum absolute atomic E-state index is 0.245. The number of aliphatic hydroxyl groups excluding tert-OH is 1. The van der Waals surface area contributed by atoms with Crippen LogP contribution >= 0.6 is 0 Å². The first-order valence-electron chi connectivity index (χ1n) is 6.35. The zero-order valence-corrected chi connectivity index (χ0v) is 11.3. The van der Waals surface area contributed by atoms with Crippen molar-refractivity contribution in [1.29, 1.82) is 0 Å². The molecule has 1 rings (SSSR count). The summed E-state index contributed by atoms with van der Waals surface area (Å²) in [4.78, 5) is 0. The first kappa shape index (κ1) is 15.4.